The fourth-order valence-electron chi connectivity index (χ4n) is 4.99. The van der Waals surface area contributed by atoms with E-state index in [9.17, 15) is 9.59 Å². The molecule has 4 rings (SSSR count). The summed E-state index contributed by atoms with van der Waals surface area (Å²) in [5.74, 6) is 0.985. The summed E-state index contributed by atoms with van der Waals surface area (Å²) in [5, 5.41) is 0.609. The third-order valence-corrected chi connectivity index (χ3v) is 7.56. The highest BCUT2D eigenvalue weighted by Crippen LogP contribution is 2.26. The second-order valence-electron chi connectivity index (χ2n) is 9.52. The van der Waals surface area contributed by atoms with Crippen LogP contribution in [0.15, 0.2) is 57.8 Å². The van der Waals surface area contributed by atoms with Crippen LogP contribution in [-0.2, 0) is 4.79 Å². The molecule has 1 aromatic heterocycles. The van der Waals surface area contributed by atoms with Gasteiger partial charge in [0.2, 0.25) is 5.91 Å². The monoisotopic (exact) mass is 538 g/mol. The van der Waals surface area contributed by atoms with E-state index in [1.54, 1.807) is 4.57 Å². The molecule has 0 spiro atoms. The molecule has 1 aliphatic heterocycles. The first-order valence-electron chi connectivity index (χ1n) is 12.7. The maximum Gasteiger partial charge on any atom is 0.266 e. The summed E-state index contributed by atoms with van der Waals surface area (Å²) in [6.45, 7) is 8.64. The van der Waals surface area contributed by atoms with Crippen LogP contribution < -0.4 is 5.56 Å². The predicted molar refractivity (Wildman–Crippen MR) is 145 cm³/mol. The standard InChI is InChI=1S/C28H35BrN4O2/c1-4-5-6-7-12-26(34)32-18-17-31(19-20(32)2)21(3)27-30-25-11-9-8-10-24(25)28(35)33(27)23-15-13-22(29)14-16-23/h8-11,13-16,20-21H,4-7,12,17-19H2,1-3H3. The van der Waals surface area contributed by atoms with Crippen LogP contribution in [0.2, 0.25) is 0 Å². The number of carbonyl (C=O) groups is 1. The first kappa shape index (κ1) is 25.6. The lowest BCUT2D eigenvalue weighted by Crippen LogP contribution is -2.54. The summed E-state index contributed by atoms with van der Waals surface area (Å²) < 4.78 is 2.71. The first-order chi connectivity index (χ1) is 16.9. The van der Waals surface area contributed by atoms with E-state index in [4.69, 9.17) is 4.98 Å². The van der Waals surface area contributed by atoms with Crippen LogP contribution in [0.3, 0.4) is 0 Å². The summed E-state index contributed by atoms with van der Waals surface area (Å²) in [4.78, 5) is 35.8. The van der Waals surface area contributed by atoms with Gasteiger partial charge in [-0.05, 0) is 56.7 Å². The Hall–Kier alpha value is -2.51. The fourth-order valence-corrected chi connectivity index (χ4v) is 5.25. The van der Waals surface area contributed by atoms with Crippen LogP contribution in [0.25, 0.3) is 16.6 Å². The molecule has 0 bridgehead atoms. The average molecular weight is 540 g/mol. The zero-order valence-electron chi connectivity index (χ0n) is 20.9. The van der Waals surface area contributed by atoms with E-state index in [2.05, 4.69) is 41.6 Å². The summed E-state index contributed by atoms with van der Waals surface area (Å²) in [6, 6.07) is 15.3. The number of halogens is 1. The molecule has 1 fully saturated rings. The molecule has 1 amide bonds. The van der Waals surface area contributed by atoms with E-state index >= 15 is 0 Å². The Labute approximate surface area is 216 Å². The number of amides is 1. The molecule has 0 N–H and O–H groups in total. The summed E-state index contributed by atoms with van der Waals surface area (Å²) in [6.07, 6.45) is 5.09. The molecular weight excluding hydrogens is 504 g/mol. The highest BCUT2D eigenvalue weighted by atomic mass is 79.9. The Morgan fingerprint density at radius 2 is 1.83 bits per heavy atom. The molecule has 186 valence electrons. The number of fused-ring (bicyclic) bond motifs is 1. The van der Waals surface area contributed by atoms with Crippen molar-refractivity contribution in [3.63, 3.8) is 0 Å². The Morgan fingerprint density at radius 1 is 1.09 bits per heavy atom. The van der Waals surface area contributed by atoms with Crippen molar-refractivity contribution in [1.29, 1.82) is 0 Å². The number of hydrogen-bond acceptors (Lipinski definition) is 4. The molecule has 3 aromatic rings. The van der Waals surface area contributed by atoms with E-state index in [-0.39, 0.29) is 23.6 Å². The number of piperazine rings is 1. The van der Waals surface area contributed by atoms with Gasteiger partial charge in [-0.3, -0.25) is 19.1 Å². The van der Waals surface area contributed by atoms with Gasteiger partial charge in [0.15, 0.2) is 0 Å². The highest BCUT2D eigenvalue weighted by Gasteiger charge is 2.31. The summed E-state index contributed by atoms with van der Waals surface area (Å²) in [5.41, 5.74) is 1.45. The van der Waals surface area contributed by atoms with E-state index < -0.39 is 0 Å². The minimum Gasteiger partial charge on any atom is -0.337 e. The van der Waals surface area contributed by atoms with Crippen LogP contribution in [0.1, 0.15) is 64.7 Å². The smallest absolute Gasteiger partial charge is 0.266 e. The lowest BCUT2D eigenvalue weighted by molar-refractivity contribution is -0.136. The maximum absolute atomic E-state index is 13.6. The van der Waals surface area contributed by atoms with Crippen molar-refractivity contribution >= 4 is 32.7 Å². The molecule has 1 aliphatic rings. The molecule has 2 heterocycles. The minimum absolute atomic E-state index is 0.0614. The van der Waals surface area contributed by atoms with Gasteiger partial charge < -0.3 is 4.90 Å². The second kappa shape index (κ2) is 11.5. The van der Waals surface area contributed by atoms with Crippen molar-refractivity contribution in [1.82, 2.24) is 19.4 Å². The Morgan fingerprint density at radius 3 is 2.54 bits per heavy atom. The van der Waals surface area contributed by atoms with Crippen molar-refractivity contribution in [2.24, 2.45) is 0 Å². The van der Waals surface area contributed by atoms with Gasteiger partial charge in [-0.15, -0.1) is 0 Å². The van der Waals surface area contributed by atoms with Crippen LogP contribution in [0.4, 0.5) is 0 Å². The Kier molecular flexibility index (Phi) is 8.39. The Balaban J connectivity index is 1.60. The zero-order chi connectivity index (χ0) is 24.9. The average Bonchev–Trinajstić information content (AvgIpc) is 2.86. The minimum atomic E-state index is -0.0831. The summed E-state index contributed by atoms with van der Waals surface area (Å²) >= 11 is 3.49. The van der Waals surface area contributed by atoms with Gasteiger partial charge in [0.1, 0.15) is 5.82 Å². The molecule has 7 heteroatoms. The largest absolute Gasteiger partial charge is 0.337 e. The third-order valence-electron chi connectivity index (χ3n) is 7.03. The Bertz CT molecular complexity index is 1220. The highest BCUT2D eigenvalue weighted by molar-refractivity contribution is 9.10. The number of nitrogens with zero attached hydrogens (tertiary/aromatic N) is 4. The van der Waals surface area contributed by atoms with Gasteiger partial charge in [0.25, 0.3) is 5.56 Å². The van der Waals surface area contributed by atoms with Crippen LogP contribution in [0.5, 0.6) is 0 Å². The molecule has 1 saturated heterocycles. The lowest BCUT2D eigenvalue weighted by Gasteiger charge is -2.42. The molecule has 35 heavy (non-hydrogen) atoms. The van der Waals surface area contributed by atoms with Gasteiger partial charge >= 0.3 is 0 Å². The quantitative estimate of drug-likeness (QED) is 0.344. The topological polar surface area (TPSA) is 58.4 Å². The molecule has 0 aliphatic carbocycles. The first-order valence-corrected chi connectivity index (χ1v) is 13.5. The lowest BCUT2D eigenvalue weighted by atomic mass is 10.1. The van der Waals surface area contributed by atoms with Gasteiger partial charge in [-0.2, -0.15) is 0 Å². The maximum atomic E-state index is 13.6. The number of benzene rings is 2. The van der Waals surface area contributed by atoms with Crippen LogP contribution in [0, 0.1) is 0 Å². The molecule has 2 aromatic carbocycles. The molecule has 0 radical (unpaired) electrons. The number of aromatic nitrogens is 2. The van der Waals surface area contributed by atoms with Gasteiger partial charge in [0, 0.05) is 36.6 Å². The van der Waals surface area contributed by atoms with Crippen molar-refractivity contribution in [3.8, 4) is 5.69 Å². The molecular formula is C28H35BrN4O2. The summed E-state index contributed by atoms with van der Waals surface area (Å²) in [7, 11) is 0. The van der Waals surface area contributed by atoms with Gasteiger partial charge in [-0.1, -0.05) is 54.2 Å². The van der Waals surface area contributed by atoms with E-state index in [0.717, 1.165) is 41.9 Å². The number of para-hydroxylation sites is 1. The molecule has 2 atom stereocenters. The fraction of sp³-hybridized carbons (Fsp3) is 0.464. The van der Waals surface area contributed by atoms with Crippen molar-refractivity contribution in [2.75, 3.05) is 19.6 Å². The van der Waals surface area contributed by atoms with E-state index in [1.165, 1.54) is 12.8 Å². The van der Waals surface area contributed by atoms with E-state index in [1.807, 2.05) is 53.4 Å². The SMILES string of the molecule is CCCCCCC(=O)N1CCN(C(C)c2nc3ccccc3c(=O)n2-c2ccc(Br)cc2)CC1C. The third kappa shape index (κ3) is 5.67. The number of carbonyl (C=O) groups excluding carboxylic acids is 1. The normalized spacial score (nSPS) is 17.6. The molecule has 0 saturated carbocycles. The predicted octanol–water partition coefficient (Wildman–Crippen LogP) is 5.71. The number of rotatable bonds is 8. The second-order valence-corrected chi connectivity index (χ2v) is 10.4. The van der Waals surface area contributed by atoms with Gasteiger partial charge in [0.05, 0.1) is 22.6 Å². The van der Waals surface area contributed by atoms with E-state index in [0.29, 0.717) is 23.9 Å². The van der Waals surface area contributed by atoms with Crippen molar-refractivity contribution in [2.45, 2.75) is 65.0 Å². The number of hydrogen-bond donors (Lipinski definition) is 0. The zero-order valence-corrected chi connectivity index (χ0v) is 22.5. The van der Waals surface area contributed by atoms with Crippen LogP contribution in [-0.4, -0.2) is 50.9 Å². The molecule has 2 unspecified atom stereocenters. The number of unbranched alkanes of at least 4 members (excludes halogenated alkanes) is 3. The van der Waals surface area contributed by atoms with Crippen LogP contribution >= 0.6 is 15.9 Å². The van der Waals surface area contributed by atoms with Crippen molar-refractivity contribution in [3.05, 3.63) is 69.2 Å². The molecule has 6 nitrogen and oxygen atoms in total. The van der Waals surface area contributed by atoms with Gasteiger partial charge in [-0.25, -0.2) is 4.98 Å². The van der Waals surface area contributed by atoms with Crippen molar-refractivity contribution < 1.29 is 4.79 Å².